The predicted octanol–water partition coefficient (Wildman–Crippen LogP) is 3.23. The molecule has 3 heterocycles. The predicted molar refractivity (Wildman–Crippen MR) is 131 cm³/mol. The lowest BCUT2D eigenvalue weighted by atomic mass is 9.66. The Kier molecular flexibility index (Phi) is 4.57. The van der Waals surface area contributed by atoms with E-state index in [1.54, 1.807) is 30.5 Å². The lowest BCUT2D eigenvalue weighted by Crippen LogP contribution is -2.45. The molecule has 6 rings (SSSR count). The largest absolute Gasteiger partial charge is 0.381 e. The number of nitrogens with zero attached hydrogens (tertiary/aromatic N) is 2. The number of aromatic nitrogens is 1. The van der Waals surface area contributed by atoms with E-state index in [0.29, 0.717) is 53.0 Å². The van der Waals surface area contributed by atoms with E-state index in [-0.39, 0.29) is 22.2 Å². The fraction of sp³-hybridized carbons (Fsp3) is 0.240. The smallest absolute Gasteiger partial charge is 0.268 e. The van der Waals surface area contributed by atoms with Gasteiger partial charge >= 0.3 is 0 Å². The van der Waals surface area contributed by atoms with Crippen molar-refractivity contribution in [3.63, 3.8) is 0 Å². The summed E-state index contributed by atoms with van der Waals surface area (Å²) >= 11 is 3.37. The van der Waals surface area contributed by atoms with Crippen LogP contribution in [0.1, 0.15) is 33.6 Å². The van der Waals surface area contributed by atoms with Crippen molar-refractivity contribution >= 4 is 43.2 Å². The first-order valence-electron chi connectivity index (χ1n) is 11.0. The Morgan fingerprint density at radius 2 is 1.94 bits per heavy atom. The third-order valence-corrected chi connectivity index (χ3v) is 9.20. The van der Waals surface area contributed by atoms with Crippen LogP contribution in [0.2, 0.25) is 0 Å². The number of aliphatic imine (C=N–C) groups is 1. The second kappa shape index (κ2) is 7.23. The third kappa shape index (κ3) is 2.86. The lowest BCUT2D eigenvalue weighted by Gasteiger charge is -2.41. The number of fused-ring (bicyclic) bond motifs is 2. The Bertz CT molecular complexity index is 1540. The van der Waals surface area contributed by atoms with E-state index in [1.807, 2.05) is 19.1 Å². The van der Waals surface area contributed by atoms with Gasteiger partial charge in [0.15, 0.2) is 5.78 Å². The topological polar surface area (TPSA) is 97.6 Å². The first kappa shape index (κ1) is 21.5. The highest BCUT2D eigenvalue weighted by Crippen LogP contribution is 2.48. The Balaban J connectivity index is 1.59. The molecule has 2 aliphatic heterocycles. The summed E-state index contributed by atoms with van der Waals surface area (Å²) in [5.41, 5.74) is 3.46. The summed E-state index contributed by atoms with van der Waals surface area (Å²) in [5.74, 6) is -0.502. The van der Waals surface area contributed by atoms with Gasteiger partial charge in [-0.15, -0.1) is 0 Å². The number of Topliss-reactive ketones (excluding diaryl/α,β-unsaturated/α-hetero) is 1. The average Bonchev–Trinajstić information content (AvgIpc) is 3.22. The van der Waals surface area contributed by atoms with Crippen molar-refractivity contribution in [3.8, 4) is 0 Å². The lowest BCUT2D eigenvalue weighted by molar-refractivity contribution is -0.110. The Labute approximate surface area is 205 Å². The van der Waals surface area contributed by atoms with Crippen LogP contribution in [0.5, 0.6) is 0 Å². The van der Waals surface area contributed by atoms with Crippen molar-refractivity contribution in [2.24, 2.45) is 10.4 Å². The van der Waals surface area contributed by atoms with Crippen LogP contribution in [-0.2, 0) is 21.2 Å². The highest BCUT2D eigenvalue weighted by atomic mass is 79.9. The molecule has 0 fully saturated rings. The number of ketones is 2. The van der Waals surface area contributed by atoms with E-state index in [1.165, 1.54) is 6.08 Å². The second-order valence-corrected chi connectivity index (χ2v) is 11.6. The van der Waals surface area contributed by atoms with Crippen LogP contribution in [-0.4, -0.2) is 42.8 Å². The van der Waals surface area contributed by atoms with Gasteiger partial charge in [-0.2, -0.15) is 0 Å². The second-order valence-electron chi connectivity index (χ2n) is 8.96. The fourth-order valence-corrected chi connectivity index (χ4v) is 7.17. The summed E-state index contributed by atoms with van der Waals surface area (Å²) in [6.07, 6.45) is 7.98. The molecule has 34 heavy (non-hydrogen) atoms. The van der Waals surface area contributed by atoms with Gasteiger partial charge in [0.05, 0.1) is 20.8 Å². The van der Waals surface area contributed by atoms with Gasteiger partial charge in [-0.25, -0.2) is 12.4 Å². The van der Waals surface area contributed by atoms with Crippen LogP contribution >= 0.6 is 15.9 Å². The highest BCUT2D eigenvalue weighted by Gasteiger charge is 2.48. The van der Waals surface area contributed by atoms with Crippen molar-refractivity contribution in [1.29, 1.82) is 0 Å². The zero-order valence-corrected chi connectivity index (χ0v) is 20.7. The van der Waals surface area contributed by atoms with Crippen LogP contribution in [0.15, 0.2) is 74.3 Å². The molecular formula is C25H20BrN3O4S. The fourth-order valence-electron chi connectivity index (χ4n) is 5.24. The van der Waals surface area contributed by atoms with Gasteiger partial charge in [0.25, 0.3) is 10.0 Å². The summed E-state index contributed by atoms with van der Waals surface area (Å²) in [4.78, 5) is 30.9. The Hall–Kier alpha value is -3.04. The van der Waals surface area contributed by atoms with E-state index in [9.17, 15) is 18.0 Å². The van der Waals surface area contributed by atoms with E-state index >= 15 is 0 Å². The van der Waals surface area contributed by atoms with Crippen LogP contribution in [0, 0.1) is 12.3 Å². The maximum atomic E-state index is 13.9. The van der Waals surface area contributed by atoms with Gasteiger partial charge in [0.2, 0.25) is 5.78 Å². The summed E-state index contributed by atoms with van der Waals surface area (Å²) < 4.78 is 28.8. The van der Waals surface area contributed by atoms with E-state index < -0.39 is 15.4 Å². The highest BCUT2D eigenvalue weighted by molar-refractivity contribution is 9.12. The van der Waals surface area contributed by atoms with Crippen LogP contribution < -0.4 is 5.32 Å². The van der Waals surface area contributed by atoms with Crippen molar-refractivity contribution in [2.75, 3.05) is 13.1 Å². The van der Waals surface area contributed by atoms with Gasteiger partial charge in [0, 0.05) is 35.8 Å². The van der Waals surface area contributed by atoms with Crippen molar-refractivity contribution in [1.82, 2.24) is 9.29 Å². The standard InChI is InChI=1S/C25H20BrN3O4S/c1-14-2-4-16(5-3-14)34(32,33)29-13-15-7-10-27-21-19(15)23(29)24(31)22-20(21)25(9-11-28-22)8-6-18(30)17(26)12-25/h2-6,8,12-13,28H,7,9-11H2,1H3/t25-/m1/s1. The van der Waals surface area contributed by atoms with Crippen molar-refractivity contribution in [2.45, 2.75) is 24.7 Å². The number of halogens is 1. The number of carbonyl (C=O) groups excluding carboxylic acids is 2. The van der Waals surface area contributed by atoms with E-state index in [4.69, 9.17) is 4.99 Å². The molecule has 2 aromatic rings. The molecule has 2 aliphatic carbocycles. The van der Waals surface area contributed by atoms with E-state index in [2.05, 4.69) is 21.2 Å². The Morgan fingerprint density at radius 1 is 1.18 bits per heavy atom. The van der Waals surface area contributed by atoms with Crippen molar-refractivity contribution < 1.29 is 18.0 Å². The third-order valence-electron chi connectivity index (χ3n) is 6.90. The van der Waals surface area contributed by atoms with Crippen LogP contribution in [0.25, 0.3) is 0 Å². The van der Waals surface area contributed by atoms with Crippen LogP contribution in [0.3, 0.4) is 0 Å². The molecule has 0 radical (unpaired) electrons. The quantitative estimate of drug-likeness (QED) is 0.634. The van der Waals surface area contributed by atoms with Crippen LogP contribution in [0.4, 0.5) is 0 Å². The minimum absolute atomic E-state index is 0.122. The van der Waals surface area contributed by atoms with E-state index in [0.717, 1.165) is 15.1 Å². The molecule has 0 saturated carbocycles. The molecule has 172 valence electrons. The molecule has 7 nitrogen and oxygen atoms in total. The Morgan fingerprint density at radius 3 is 2.68 bits per heavy atom. The molecule has 0 unspecified atom stereocenters. The molecule has 1 aromatic carbocycles. The summed E-state index contributed by atoms with van der Waals surface area (Å²) in [7, 11) is -3.99. The summed E-state index contributed by atoms with van der Waals surface area (Å²) in [6, 6.07) is 6.60. The molecule has 0 amide bonds. The van der Waals surface area contributed by atoms with Gasteiger partial charge in [-0.1, -0.05) is 29.8 Å². The molecule has 1 atom stereocenters. The number of aryl methyl sites for hydroxylation is 1. The number of benzene rings is 1. The molecule has 1 spiro atoms. The number of hydrogen-bond donors (Lipinski definition) is 1. The number of rotatable bonds is 2. The number of carbonyl (C=O) groups is 2. The molecule has 0 saturated heterocycles. The molecular weight excluding hydrogens is 518 g/mol. The molecule has 4 aliphatic rings. The van der Waals surface area contributed by atoms with Gasteiger partial charge in [0.1, 0.15) is 5.69 Å². The summed E-state index contributed by atoms with van der Waals surface area (Å²) in [6.45, 7) is 2.88. The first-order chi connectivity index (χ1) is 16.2. The minimum Gasteiger partial charge on any atom is -0.381 e. The molecule has 1 aromatic heterocycles. The zero-order chi connectivity index (χ0) is 23.8. The number of allylic oxidation sites excluding steroid dienone is 6. The maximum Gasteiger partial charge on any atom is 0.268 e. The zero-order valence-electron chi connectivity index (χ0n) is 18.3. The number of hydrogen-bond acceptors (Lipinski definition) is 6. The van der Waals surface area contributed by atoms with Gasteiger partial charge < -0.3 is 5.32 Å². The first-order valence-corrected chi connectivity index (χ1v) is 13.2. The molecule has 0 bridgehead atoms. The maximum absolute atomic E-state index is 13.9. The van der Waals surface area contributed by atoms with Gasteiger partial charge in [-0.05, 0) is 59.5 Å². The minimum atomic E-state index is -3.99. The normalized spacial score (nSPS) is 23.4. The monoisotopic (exact) mass is 537 g/mol. The average molecular weight is 538 g/mol. The number of nitrogens with one attached hydrogen (secondary N) is 1. The molecule has 1 N–H and O–H groups in total. The summed E-state index contributed by atoms with van der Waals surface area (Å²) in [5, 5.41) is 3.21. The van der Waals surface area contributed by atoms with Crippen molar-refractivity contribution in [3.05, 3.63) is 86.8 Å². The van der Waals surface area contributed by atoms with Gasteiger partial charge in [-0.3, -0.25) is 14.6 Å². The SMILES string of the molecule is Cc1ccc(S(=O)(=O)n2cc3c4c2C(=O)C2=C(C4=NCC3)[C@]3(C=CC(=O)C(Br)=C3)CCN2)cc1. The molecule has 9 heteroatoms.